The summed E-state index contributed by atoms with van der Waals surface area (Å²) in [5, 5.41) is 9.46. The maximum Gasteiger partial charge on any atom is 0.416 e. The van der Waals surface area contributed by atoms with E-state index < -0.39 is 50.4 Å². The zero-order valence-electron chi connectivity index (χ0n) is 18.0. The molecule has 3 rings (SSSR count). The molecule has 0 aromatic heterocycles. The Morgan fingerprint density at radius 1 is 1.00 bits per heavy atom. The number of carboxylic acids is 1. The van der Waals surface area contributed by atoms with Gasteiger partial charge in [0.1, 0.15) is 17.4 Å². The number of halogens is 5. The number of rotatable bonds is 8. The lowest BCUT2D eigenvalue weighted by atomic mass is 10.1. The summed E-state index contributed by atoms with van der Waals surface area (Å²) in [4.78, 5) is 11.1. The predicted octanol–water partition coefficient (Wildman–Crippen LogP) is 5.01. The van der Waals surface area contributed by atoms with Crippen LogP contribution in [0.1, 0.15) is 22.8 Å². The van der Waals surface area contributed by atoms with Gasteiger partial charge in [0, 0.05) is 25.2 Å². The molecule has 12 heteroatoms. The van der Waals surface area contributed by atoms with E-state index in [1.54, 1.807) is 0 Å². The van der Waals surface area contributed by atoms with E-state index >= 15 is 0 Å². The second-order valence-electron chi connectivity index (χ2n) is 7.47. The van der Waals surface area contributed by atoms with Crippen molar-refractivity contribution in [1.29, 1.82) is 0 Å². The Kier molecular flexibility index (Phi) is 7.46. The highest BCUT2D eigenvalue weighted by molar-refractivity contribution is 7.89. The Morgan fingerprint density at radius 3 is 2.14 bits per heavy atom. The van der Waals surface area contributed by atoms with E-state index in [1.165, 1.54) is 37.4 Å². The van der Waals surface area contributed by atoms with Crippen molar-refractivity contribution in [3.8, 4) is 5.75 Å². The van der Waals surface area contributed by atoms with Crippen molar-refractivity contribution in [3.63, 3.8) is 0 Å². The maximum absolute atomic E-state index is 13.4. The van der Waals surface area contributed by atoms with Gasteiger partial charge in [0.05, 0.1) is 10.5 Å². The van der Waals surface area contributed by atoms with Gasteiger partial charge in [0.15, 0.2) is 0 Å². The van der Waals surface area contributed by atoms with Gasteiger partial charge in [-0.15, -0.1) is 0 Å². The van der Waals surface area contributed by atoms with E-state index in [-0.39, 0.29) is 17.9 Å². The molecule has 1 unspecified atom stereocenters. The molecule has 6 nitrogen and oxygen atoms in total. The van der Waals surface area contributed by atoms with Gasteiger partial charge >= 0.3 is 12.1 Å². The van der Waals surface area contributed by atoms with E-state index in [0.29, 0.717) is 29.8 Å². The van der Waals surface area contributed by atoms with Gasteiger partial charge in [-0.2, -0.15) is 17.5 Å². The third-order valence-electron chi connectivity index (χ3n) is 4.87. The predicted molar refractivity (Wildman–Crippen MR) is 114 cm³/mol. The molecule has 0 aliphatic heterocycles. The molecule has 0 aliphatic carbocycles. The van der Waals surface area contributed by atoms with E-state index in [2.05, 4.69) is 0 Å². The summed E-state index contributed by atoms with van der Waals surface area (Å²) in [5.74, 6) is -3.60. The first-order valence-electron chi connectivity index (χ1n) is 9.85. The zero-order chi connectivity index (χ0) is 26.0. The van der Waals surface area contributed by atoms with Crippen LogP contribution in [0.3, 0.4) is 0 Å². The second-order valence-corrected chi connectivity index (χ2v) is 9.51. The highest BCUT2D eigenvalue weighted by Crippen LogP contribution is 2.32. The van der Waals surface area contributed by atoms with Gasteiger partial charge in [0.2, 0.25) is 16.1 Å². The van der Waals surface area contributed by atoms with Crippen LogP contribution < -0.4 is 4.74 Å². The van der Waals surface area contributed by atoms with Crippen LogP contribution in [0, 0.1) is 11.6 Å². The van der Waals surface area contributed by atoms with Crippen molar-refractivity contribution in [3.05, 3.63) is 95.1 Å². The topological polar surface area (TPSA) is 83.9 Å². The first-order valence-corrected chi connectivity index (χ1v) is 11.3. The molecular weight excluding hydrogens is 497 g/mol. The third kappa shape index (κ3) is 6.34. The number of sulfonamides is 1. The highest BCUT2D eigenvalue weighted by atomic mass is 32.2. The van der Waals surface area contributed by atoms with Crippen LogP contribution >= 0.6 is 0 Å². The summed E-state index contributed by atoms with van der Waals surface area (Å²) in [7, 11) is -3.02. The molecule has 0 bridgehead atoms. The van der Waals surface area contributed by atoms with Crippen LogP contribution in [0.5, 0.6) is 5.75 Å². The lowest BCUT2D eigenvalue weighted by Gasteiger charge is -2.19. The number of carbonyl (C=O) groups is 1. The molecule has 0 saturated carbocycles. The van der Waals surface area contributed by atoms with Gasteiger partial charge in [-0.25, -0.2) is 22.0 Å². The maximum atomic E-state index is 13.4. The summed E-state index contributed by atoms with van der Waals surface area (Å²) in [6, 6.07) is 11.1. The highest BCUT2D eigenvalue weighted by Gasteiger charge is 2.32. The van der Waals surface area contributed by atoms with Crippen LogP contribution in [0.4, 0.5) is 22.0 Å². The summed E-state index contributed by atoms with van der Waals surface area (Å²) < 4.78 is 97.2. The fraction of sp³-hybridized carbons (Fsp3) is 0.174. The molecule has 0 saturated heterocycles. The Hall–Kier alpha value is -3.51. The molecule has 35 heavy (non-hydrogen) atoms. The van der Waals surface area contributed by atoms with E-state index in [9.17, 15) is 40.3 Å². The molecule has 0 spiro atoms. The Balaban J connectivity index is 1.76. The normalized spacial score (nSPS) is 13.0. The molecule has 1 atom stereocenters. The molecule has 1 N–H and O–H groups in total. The van der Waals surface area contributed by atoms with Crippen LogP contribution in [-0.4, -0.2) is 30.8 Å². The van der Waals surface area contributed by atoms with Crippen molar-refractivity contribution in [2.45, 2.75) is 23.7 Å². The Morgan fingerprint density at radius 2 is 1.60 bits per heavy atom. The minimum atomic E-state index is -4.66. The van der Waals surface area contributed by atoms with E-state index in [4.69, 9.17) is 4.74 Å². The first kappa shape index (κ1) is 26.1. The van der Waals surface area contributed by atoms with E-state index in [1.807, 2.05) is 0 Å². The van der Waals surface area contributed by atoms with Crippen molar-refractivity contribution < 1.29 is 45.0 Å². The van der Waals surface area contributed by atoms with Crippen molar-refractivity contribution >= 4 is 16.0 Å². The molecule has 0 amide bonds. The Labute approximate surface area is 197 Å². The fourth-order valence-corrected chi connectivity index (χ4v) is 4.35. The van der Waals surface area contributed by atoms with Crippen molar-refractivity contribution in [1.82, 2.24) is 4.31 Å². The molecule has 3 aromatic carbocycles. The monoisotopic (exact) mass is 515 g/mol. The molecule has 186 valence electrons. The molecule has 0 radical (unpaired) electrons. The van der Waals surface area contributed by atoms with Gasteiger partial charge < -0.3 is 9.84 Å². The SMILES string of the molecule is CN(Cc1ccc(OC(C(=O)O)c2cccc(C(F)(F)F)c2)cc1)S(=O)(=O)c1cc(F)cc(F)c1. The van der Waals surface area contributed by atoms with E-state index in [0.717, 1.165) is 16.4 Å². The van der Waals surface area contributed by atoms with Crippen molar-refractivity contribution in [2.75, 3.05) is 7.05 Å². The van der Waals surface area contributed by atoms with Crippen molar-refractivity contribution in [2.24, 2.45) is 0 Å². The van der Waals surface area contributed by atoms with Crippen LogP contribution in [-0.2, 0) is 27.5 Å². The number of ether oxygens (including phenoxy) is 1. The number of nitrogens with zero attached hydrogens (tertiary/aromatic N) is 1. The minimum absolute atomic E-state index is 0.0104. The Bertz CT molecular complexity index is 1310. The van der Waals surface area contributed by atoms with Crippen LogP contribution in [0.15, 0.2) is 71.6 Å². The second kappa shape index (κ2) is 10.0. The molecular formula is C23H18F5NO5S. The van der Waals surface area contributed by atoms with Gasteiger partial charge in [-0.05, 0) is 42.0 Å². The number of aliphatic carboxylic acids is 1. The number of benzene rings is 3. The lowest BCUT2D eigenvalue weighted by molar-refractivity contribution is -0.146. The summed E-state index contributed by atoms with van der Waals surface area (Å²) in [5.41, 5.74) is -0.821. The van der Waals surface area contributed by atoms with Gasteiger partial charge in [-0.3, -0.25) is 0 Å². The average molecular weight is 515 g/mol. The van der Waals surface area contributed by atoms with Crippen LogP contribution in [0.25, 0.3) is 0 Å². The standard InChI is InChI=1S/C23H18F5NO5S/c1-29(35(32,33)20-11-17(24)10-18(25)12-20)13-14-5-7-19(8-6-14)34-21(22(30)31)15-3-2-4-16(9-15)23(26,27)28/h2-12,21H,13H2,1H3,(H,30,31). The number of hydrogen-bond donors (Lipinski definition) is 1. The quantitative estimate of drug-likeness (QED) is 0.427. The lowest BCUT2D eigenvalue weighted by Crippen LogP contribution is -2.26. The third-order valence-corrected chi connectivity index (χ3v) is 6.65. The summed E-state index contributed by atoms with van der Waals surface area (Å²) >= 11 is 0. The van der Waals surface area contributed by atoms with Gasteiger partial charge in [-0.1, -0.05) is 24.3 Å². The minimum Gasteiger partial charge on any atom is -0.478 e. The molecule has 0 aliphatic rings. The van der Waals surface area contributed by atoms with Gasteiger partial charge in [0.25, 0.3) is 0 Å². The number of alkyl halides is 3. The summed E-state index contributed by atoms with van der Waals surface area (Å²) in [6.45, 7) is -0.198. The fourth-order valence-electron chi connectivity index (χ4n) is 3.15. The molecule has 0 fully saturated rings. The molecule has 0 heterocycles. The molecule has 3 aromatic rings. The summed E-state index contributed by atoms with van der Waals surface area (Å²) in [6.07, 6.45) is -6.39. The number of hydrogen-bond acceptors (Lipinski definition) is 4. The zero-order valence-corrected chi connectivity index (χ0v) is 18.8. The largest absolute Gasteiger partial charge is 0.478 e. The first-order chi connectivity index (χ1) is 16.3. The number of carboxylic acid groups (broad SMARTS) is 1. The smallest absolute Gasteiger partial charge is 0.416 e. The average Bonchev–Trinajstić information content (AvgIpc) is 2.77. The van der Waals surface area contributed by atoms with Crippen LogP contribution in [0.2, 0.25) is 0 Å².